The highest BCUT2D eigenvalue weighted by Crippen LogP contribution is 2.31. The molecular formula is C16H23NO6. The summed E-state index contributed by atoms with van der Waals surface area (Å²) in [6.45, 7) is 4.62. The molecule has 2 N–H and O–H groups in total. The van der Waals surface area contributed by atoms with E-state index in [2.05, 4.69) is 0 Å². The monoisotopic (exact) mass is 325 g/mol. The molecular weight excluding hydrogens is 302 g/mol. The fraction of sp³-hybridized carbons (Fsp3) is 0.500. The van der Waals surface area contributed by atoms with Gasteiger partial charge in [0.05, 0.1) is 6.61 Å². The number of ether oxygens (including phenoxy) is 2. The molecule has 0 aromatic heterocycles. The Labute approximate surface area is 135 Å². The first-order valence-electron chi connectivity index (χ1n) is 7.45. The average Bonchev–Trinajstić information content (AvgIpc) is 2.56. The van der Waals surface area contributed by atoms with E-state index in [-0.39, 0.29) is 18.1 Å². The van der Waals surface area contributed by atoms with Crippen LogP contribution in [-0.2, 0) is 9.59 Å². The van der Waals surface area contributed by atoms with Gasteiger partial charge in [-0.3, -0.25) is 4.79 Å². The maximum absolute atomic E-state index is 11.8. The molecule has 0 bridgehead atoms. The molecule has 7 heteroatoms. The predicted octanol–water partition coefficient (Wildman–Crippen LogP) is 1.45. The molecule has 0 radical (unpaired) electrons. The van der Waals surface area contributed by atoms with Crippen molar-refractivity contribution in [1.82, 2.24) is 4.90 Å². The van der Waals surface area contributed by atoms with Crippen molar-refractivity contribution in [3.63, 3.8) is 0 Å². The van der Waals surface area contributed by atoms with Crippen molar-refractivity contribution >= 4 is 11.9 Å². The third-order valence-electron chi connectivity index (χ3n) is 3.23. The minimum absolute atomic E-state index is 0.145. The zero-order chi connectivity index (χ0) is 17.4. The number of carboxylic acid groups (broad SMARTS) is 1. The number of rotatable bonds is 9. The van der Waals surface area contributed by atoms with Crippen LogP contribution in [0.5, 0.6) is 11.5 Å². The summed E-state index contributed by atoms with van der Waals surface area (Å²) in [6.07, 6.45) is -0.885. The van der Waals surface area contributed by atoms with E-state index in [1.807, 2.05) is 13.8 Å². The summed E-state index contributed by atoms with van der Waals surface area (Å²) in [5, 5.41) is 18.5. The fourth-order valence-corrected chi connectivity index (χ4v) is 1.71. The maximum Gasteiger partial charge on any atom is 0.337 e. The number of carbonyl (C=O) groups excluding carboxylic acids is 1. The van der Waals surface area contributed by atoms with E-state index in [0.717, 1.165) is 6.42 Å². The highest BCUT2D eigenvalue weighted by molar-refractivity contribution is 5.77. The van der Waals surface area contributed by atoms with Gasteiger partial charge >= 0.3 is 5.97 Å². The molecule has 0 spiro atoms. The van der Waals surface area contributed by atoms with E-state index in [1.165, 1.54) is 23.1 Å². The number of hydrogen-bond donors (Lipinski definition) is 2. The van der Waals surface area contributed by atoms with Gasteiger partial charge in [-0.1, -0.05) is 13.0 Å². The van der Waals surface area contributed by atoms with Crippen LogP contribution in [0.15, 0.2) is 18.2 Å². The molecule has 1 unspecified atom stereocenters. The van der Waals surface area contributed by atoms with Crippen molar-refractivity contribution in [1.29, 1.82) is 0 Å². The van der Waals surface area contributed by atoms with Crippen molar-refractivity contribution in [2.24, 2.45) is 0 Å². The summed E-state index contributed by atoms with van der Waals surface area (Å²) in [6, 6.07) is 4.34. The summed E-state index contributed by atoms with van der Waals surface area (Å²) >= 11 is 0. The third-order valence-corrected chi connectivity index (χ3v) is 3.23. The number of nitrogens with zero attached hydrogens (tertiary/aromatic N) is 1. The number of likely N-dealkylation sites (N-methyl/N-ethyl adjacent to an activating group) is 1. The predicted molar refractivity (Wildman–Crippen MR) is 83.6 cm³/mol. The molecule has 1 aromatic rings. The smallest absolute Gasteiger partial charge is 0.337 e. The fourth-order valence-electron chi connectivity index (χ4n) is 1.71. The second-order valence-corrected chi connectivity index (χ2v) is 4.99. The van der Waals surface area contributed by atoms with Crippen LogP contribution in [-0.4, -0.2) is 53.8 Å². The van der Waals surface area contributed by atoms with Crippen LogP contribution in [0.4, 0.5) is 0 Å². The highest BCUT2D eigenvalue weighted by Gasteiger charge is 2.19. The molecule has 7 nitrogen and oxygen atoms in total. The number of aliphatic hydroxyl groups is 1. The van der Waals surface area contributed by atoms with Gasteiger partial charge in [-0.05, 0) is 31.0 Å². The van der Waals surface area contributed by atoms with Gasteiger partial charge < -0.3 is 24.6 Å². The van der Waals surface area contributed by atoms with Crippen LogP contribution in [0.25, 0.3) is 0 Å². The average molecular weight is 325 g/mol. The lowest BCUT2D eigenvalue weighted by atomic mass is 10.1. The standard InChI is InChI=1S/C16H23NO6/c1-4-8-22-13-9-11(15(19)16(20)21)6-7-12(13)23-10-14(18)17(3)5-2/h6-7,9,15,19H,4-5,8,10H2,1-3H3,(H,20,21). The van der Waals surface area contributed by atoms with E-state index < -0.39 is 12.1 Å². The maximum atomic E-state index is 11.8. The van der Waals surface area contributed by atoms with Gasteiger partial charge in [-0.15, -0.1) is 0 Å². The van der Waals surface area contributed by atoms with Gasteiger partial charge in [0.1, 0.15) is 0 Å². The number of benzene rings is 1. The second-order valence-electron chi connectivity index (χ2n) is 4.99. The Morgan fingerprint density at radius 1 is 1.22 bits per heavy atom. The summed E-state index contributed by atoms with van der Waals surface area (Å²) < 4.78 is 11.0. The van der Waals surface area contributed by atoms with Gasteiger partial charge in [0.25, 0.3) is 5.91 Å². The van der Waals surface area contributed by atoms with E-state index >= 15 is 0 Å². The number of hydrogen-bond acceptors (Lipinski definition) is 5. The molecule has 23 heavy (non-hydrogen) atoms. The van der Waals surface area contributed by atoms with E-state index in [1.54, 1.807) is 7.05 Å². The SMILES string of the molecule is CCCOc1cc(C(O)C(=O)O)ccc1OCC(=O)N(C)CC. The molecule has 0 fully saturated rings. The summed E-state index contributed by atoms with van der Waals surface area (Å²) in [4.78, 5) is 24.2. The number of carbonyl (C=O) groups is 2. The van der Waals surface area contributed by atoms with Crippen molar-refractivity contribution in [2.45, 2.75) is 26.4 Å². The van der Waals surface area contributed by atoms with Gasteiger partial charge in [0.15, 0.2) is 24.2 Å². The first-order valence-corrected chi connectivity index (χ1v) is 7.45. The minimum atomic E-state index is -1.64. The van der Waals surface area contributed by atoms with Gasteiger partial charge in [0, 0.05) is 13.6 Å². The van der Waals surface area contributed by atoms with Crippen molar-refractivity contribution in [2.75, 3.05) is 26.8 Å². The molecule has 1 rings (SSSR count). The van der Waals surface area contributed by atoms with Crippen LogP contribution in [0, 0.1) is 0 Å². The molecule has 0 saturated carbocycles. The lowest BCUT2D eigenvalue weighted by molar-refractivity contribution is -0.147. The third kappa shape index (κ3) is 5.45. The number of aliphatic hydroxyl groups excluding tert-OH is 1. The summed E-state index contributed by atoms with van der Waals surface area (Å²) in [5.74, 6) is -0.891. The zero-order valence-electron chi connectivity index (χ0n) is 13.6. The second kappa shape index (κ2) is 8.99. The van der Waals surface area contributed by atoms with Crippen LogP contribution in [0.3, 0.4) is 0 Å². The molecule has 1 atom stereocenters. The highest BCUT2D eigenvalue weighted by atomic mass is 16.5. The Hall–Kier alpha value is -2.28. The molecule has 0 heterocycles. The molecule has 0 aliphatic carbocycles. The first-order chi connectivity index (χ1) is 10.9. The molecule has 128 valence electrons. The number of aliphatic carboxylic acids is 1. The van der Waals surface area contributed by atoms with Crippen LogP contribution in [0.1, 0.15) is 31.9 Å². The van der Waals surface area contributed by atoms with E-state index in [0.29, 0.717) is 24.7 Å². The topological polar surface area (TPSA) is 96.3 Å². The number of carboxylic acids is 1. The summed E-state index contributed by atoms with van der Waals surface area (Å²) in [7, 11) is 1.67. The van der Waals surface area contributed by atoms with Gasteiger partial charge in [-0.2, -0.15) is 0 Å². The molecule has 0 saturated heterocycles. The van der Waals surface area contributed by atoms with Crippen LogP contribution < -0.4 is 9.47 Å². The quantitative estimate of drug-likeness (QED) is 0.713. The Morgan fingerprint density at radius 3 is 2.48 bits per heavy atom. The molecule has 1 aromatic carbocycles. The zero-order valence-corrected chi connectivity index (χ0v) is 13.6. The van der Waals surface area contributed by atoms with Crippen molar-refractivity contribution in [3.8, 4) is 11.5 Å². The largest absolute Gasteiger partial charge is 0.490 e. The van der Waals surface area contributed by atoms with Crippen LogP contribution in [0.2, 0.25) is 0 Å². The van der Waals surface area contributed by atoms with Gasteiger partial charge in [-0.25, -0.2) is 4.79 Å². The molecule has 1 amide bonds. The van der Waals surface area contributed by atoms with E-state index in [9.17, 15) is 14.7 Å². The number of amides is 1. The lowest BCUT2D eigenvalue weighted by Crippen LogP contribution is -2.31. The van der Waals surface area contributed by atoms with E-state index in [4.69, 9.17) is 14.6 Å². The Bertz CT molecular complexity index is 545. The Balaban J connectivity index is 2.92. The van der Waals surface area contributed by atoms with Gasteiger partial charge in [0.2, 0.25) is 0 Å². The molecule has 0 aliphatic heterocycles. The van der Waals surface area contributed by atoms with Crippen molar-refractivity contribution in [3.05, 3.63) is 23.8 Å². The Morgan fingerprint density at radius 2 is 1.91 bits per heavy atom. The molecule has 0 aliphatic rings. The minimum Gasteiger partial charge on any atom is -0.490 e. The summed E-state index contributed by atoms with van der Waals surface area (Å²) in [5.41, 5.74) is 0.188. The normalized spacial score (nSPS) is 11.7. The first kappa shape index (κ1) is 18.8. The lowest BCUT2D eigenvalue weighted by Gasteiger charge is -2.17. The van der Waals surface area contributed by atoms with Crippen molar-refractivity contribution < 1.29 is 29.3 Å². The Kier molecular flexibility index (Phi) is 7.34. The van der Waals surface area contributed by atoms with Crippen LogP contribution >= 0.6 is 0 Å².